The molecule has 1 aliphatic rings. The number of methoxy groups -OCH3 is 1. The van der Waals surface area contributed by atoms with E-state index in [4.69, 9.17) is 4.74 Å². The Balaban J connectivity index is 1.66. The fraction of sp³-hybridized carbons (Fsp3) is 0.278. The molecule has 6 nitrogen and oxygen atoms in total. The number of hydrogen-bond acceptors (Lipinski definition) is 4. The number of anilines is 1. The highest BCUT2D eigenvalue weighted by molar-refractivity contribution is 7.89. The maximum absolute atomic E-state index is 12.5. The first kappa shape index (κ1) is 17.4. The molecule has 0 atom stereocenters. The zero-order chi connectivity index (χ0) is 18.0. The van der Waals surface area contributed by atoms with Crippen LogP contribution in [0.1, 0.15) is 11.1 Å². The molecular weight excluding hydrogens is 340 g/mol. The average molecular weight is 360 g/mol. The molecule has 1 heterocycles. The van der Waals surface area contributed by atoms with Crippen LogP contribution in [-0.4, -0.2) is 35.0 Å². The van der Waals surface area contributed by atoms with E-state index >= 15 is 0 Å². The topological polar surface area (TPSA) is 75.7 Å². The lowest BCUT2D eigenvalue weighted by atomic mass is 10.1. The Morgan fingerprint density at radius 2 is 1.88 bits per heavy atom. The van der Waals surface area contributed by atoms with Crippen molar-refractivity contribution in [3.8, 4) is 5.75 Å². The van der Waals surface area contributed by atoms with Gasteiger partial charge in [-0.05, 0) is 47.9 Å². The normalized spacial score (nSPS) is 13.8. The number of likely N-dealkylation sites (N-methyl/N-ethyl adjacent to an activating group) is 1. The lowest BCUT2D eigenvalue weighted by Crippen LogP contribution is -2.26. The fourth-order valence-electron chi connectivity index (χ4n) is 2.82. The van der Waals surface area contributed by atoms with Crippen molar-refractivity contribution in [2.45, 2.75) is 17.7 Å². The van der Waals surface area contributed by atoms with Crippen molar-refractivity contribution < 1.29 is 17.9 Å². The quantitative estimate of drug-likeness (QED) is 0.851. The summed E-state index contributed by atoms with van der Waals surface area (Å²) in [5, 5.41) is 0. The summed E-state index contributed by atoms with van der Waals surface area (Å²) in [5.41, 5.74) is 2.53. The summed E-state index contributed by atoms with van der Waals surface area (Å²) >= 11 is 0. The third-order valence-corrected chi connectivity index (χ3v) is 5.76. The summed E-state index contributed by atoms with van der Waals surface area (Å²) in [4.78, 5) is 13.4. The van der Waals surface area contributed by atoms with E-state index in [1.54, 1.807) is 31.2 Å². The zero-order valence-corrected chi connectivity index (χ0v) is 15.0. The Bertz CT molecular complexity index is 892. The lowest BCUT2D eigenvalue weighted by Gasteiger charge is -2.11. The number of carbonyl (C=O) groups excluding carboxylic acids is 1. The number of fused-ring (bicyclic) bond motifs is 1. The number of nitrogens with one attached hydrogen (secondary N) is 1. The van der Waals surface area contributed by atoms with Gasteiger partial charge in [-0.15, -0.1) is 0 Å². The predicted molar refractivity (Wildman–Crippen MR) is 95.4 cm³/mol. The molecule has 0 saturated heterocycles. The van der Waals surface area contributed by atoms with Crippen LogP contribution in [0, 0.1) is 0 Å². The molecule has 2 aromatic carbocycles. The molecular formula is C18H20N2O4S. The van der Waals surface area contributed by atoms with Gasteiger partial charge in [0.25, 0.3) is 0 Å². The monoisotopic (exact) mass is 360 g/mol. The summed E-state index contributed by atoms with van der Waals surface area (Å²) in [5.74, 6) is 0.735. The van der Waals surface area contributed by atoms with E-state index < -0.39 is 10.0 Å². The van der Waals surface area contributed by atoms with Gasteiger partial charge in [0.15, 0.2) is 0 Å². The highest BCUT2D eigenvalue weighted by Crippen LogP contribution is 2.29. The molecule has 2 aromatic rings. The van der Waals surface area contributed by atoms with Gasteiger partial charge in [0.2, 0.25) is 15.9 Å². The summed E-state index contributed by atoms with van der Waals surface area (Å²) in [6, 6.07) is 12.3. The first-order valence-electron chi connectivity index (χ1n) is 7.93. The van der Waals surface area contributed by atoms with Crippen molar-refractivity contribution in [1.82, 2.24) is 4.72 Å². The van der Waals surface area contributed by atoms with Crippen LogP contribution in [0.2, 0.25) is 0 Å². The smallest absolute Gasteiger partial charge is 0.240 e. The Morgan fingerprint density at radius 1 is 1.16 bits per heavy atom. The van der Waals surface area contributed by atoms with E-state index in [1.807, 2.05) is 24.3 Å². The van der Waals surface area contributed by atoms with Crippen LogP contribution in [0.4, 0.5) is 5.69 Å². The molecule has 0 radical (unpaired) electrons. The van der Waals surface area contributed by atoms with Gasteiger partial charge < -0.3 is 9.64 Å². The number of amides is 1. The second-order valence-electron chi connectivity index (χ2n) is 5.92. The molecule has 7 heteroatoms. The summed E-state index contributed by atoms with van der Waals surface area (Å²) in [6.07, 6.45) is 0.816. The molecule has 1 N–H and O–H groups in total. The summed E-state index contributed by atoms with van der Waals surface area (Å²) in [6.45, 7) is 0.296. The number of hydrogen-bond donors (Lipinski definition) is 1. The van der Waals surface area contributed by atoms with E-state index in [2.05, 4.69) is 4.72 Å². The molecule has 0 saturated carbocycles. The molecule has 0 fully saturated rings. The van der Waals surface area contributed by atoms with Gasteiger partial charge in [-0.3, -0.25) is 4.79 Å². The molecule has 1 aliphatic heterocycles. The molecule has 1 amide bonds. The Labute approximate surface area is 147 Å². The number of ether oxygens (including phenoxy) is 1. The van der Waals surface area contributed by atoms with Crippen molar-refractivity contribution in [2.24, 2.45) is 0 Å². The van der Waals surface area contributed by atoms with Gasteiger partial charge in [0, 0.05) is 19.3 Å². The number of carbonyl (C=O) groups is 1. The van der Waals surface area contributed by atoms with Crippen molar-refractivity contribution in [1.29, 1.82) is 0 Å². The maximum atomic E-state index is 12.5. The fourth-order valence-corrected chi connectivity index (χ4v) is 3.90. The standard InChI is InChI=1S/C18H20N2O4S/c1-20-17-8-7-16(11-14(17)12-18(20)21)25(22,23)19-10-9-13-3-5-15(24-2)6-4-13/h3-8,11,19H,9-10,12H2,1-2H3. The van der Waals surface area contributed by atoms with Crippen molar-refractivity contribution in [3.05, 3.63) is 53.6 Å². The molecule has 0 aromatic heterocycles. The maximum Gasteiger partial charge on any atom is 0.240 e. The molecule has 3 rings (SSSR count). The minimum atomic E-state index is -3.60. The number of nitrogens with zero attached hydrogens (tertiary/aromatic N) is 1. The molecule has 132 valence electrons. The van der Waals surface area contributed by atoms with E-state index in [-0.39, 0.29) is 17.2 Å². The van der Waals surface area contributed by atoms with E-state index in [1.165, 1.54) is 6.07 Å². The third-order valence-electron chi connectivity index (χ3n) is 4.30. The number of rotatable bonds is 6. The van der Waals surface area contributed by atoms with Crippen LogP contribution in [0.3, 0.4) is 0 Å². The predicted octanol–water partition coefficient (Wildman–Crippen LogP) is 1.74. The van der Waals surface area contributed by atoms with Gasteiger partial charge in [0.1, 0.15) is 5.75 Å². The first-order chi connectivity index (χ1) is 11.9. The molecule has 25 heavy (non-hydrogen) atoms. The largest absolute Gasteiger partial charge is 0.497 e. The summed E-state index contributed by atoms with van der Waals surface area (Å²) < 4.78 is 32.6. The van der Waals surface area contributed by atoms with Gasteiger partial charge in [-0.2, -0.15) is 0 Å². The van der Waals surface area contributed by atoms with Crippen molar-refractivity contribution in [3.63, 3.8) is 0 Å². The van der Waals surface area contributed by atoms with Crippen LogP contribution >= 0.6 is 0 Å². The van der Waals surface area contributed by atoms with Crippen molar-refractivity contribution in [2.75, 3.05) is 25.6 Å². The van der Waals surface area contributed by atoms with Crippen LogP contribution in [0.25, 0.3) is 0 Å². The third kappa shape index (κ3) is 3.67. The van der Waals surface area contributed by atoms with Crippen LogP contribution in [-0.2, 0) is 27.7 Å². The van der Waals surface area contributed by atoms with Gasteiger partial charge >= 0.3 is 0 Å². The SMILES string of the molecule is COc1ccc(CCNS(=O)(=O)c2ccc3c(c2)CC(=O)N3C)cc1. The Kier molecular flexibility index (Phi) is 4.78. The average Bonchev–Trinajstić information content (AvgIpc) is 2.89. The number of sulfonamides is 1. The van der Waals surface area contributed by atoms with Crippen molar-refractivity contribution >= 4 is 21.6 Å². The minimum absolute atomic E-state index is 0.0305. The molecule has 0 aliphatic carbocycles. The number of benzene rings is 2. The first-order valence-corrected chi connectivity index (χ1v) is 9.41. The van der Waals surface area contributed by atoms with Gasteiger partial charge in [0.05, 0.1) is 18.4 Å². The molecule has 0 bridgehead atoms. The summed E-state index contributed by atoms with van der Waals surface area (Å²) in [7, 11) is -0.312. The zero-order valence-electron chi connectivity index (χ0n) is 14.2. The van der Waals surface area contributed by atoms with Crippen LogP contribution < -0.4 is 14.4 Å². The minimum Gasteiger partial charge on any atom is -0.497 e. The van der Waals surface area contributed by atoms with Crippen LogP contribution in [0.5, 0.6) is 5.75 Å². The Morgan fingerprint density at radius 3 is 2.56 bits per heavy atom. The second-order valence-corrected chi connectivity index (χ2v) is 7.68. The highest BCUT2D eigenvalue weighted by atomic mass is 32.2. The van der Waals surface area contributed by atoms with E-state index in [0.29, 0.717) is 13.0 Å². The lowest BCUT2D eigenvalue weighted by molar-refractivity contribution is -0.117. The second kappa shape index (κ2) is 6.85. The van der Waals surface area contributed by atoms with Gasteiger partial charge in [-0.25, -0.2) is 13.1 Å². The molecule has 0 spiro atoms. The van der Waals surface area contributed by atoms with Gasteiger partial charge in [-0.1, -0.05) is 12.1 Å². The highest BCUT2D eigenvalue weighted by Gasteiger charge is 2.26. The van der Waals surface area contributed by atoms with E-state index in [9.17, 15) is 13.2 Å². The Hall–Kier alpha value is -2.38. The van der Waals surface area contributed by atoms with Crippen LogP contribution in [0.15, 0.2) is 47.4 Å². The van der Waals surface area contributed by atoms with E-state index in [0.717, 1.165) is 22.6 Å². The molecule has 0 unspecified atom stereocenters.